The normalized spacial score (nSPS) is 13.9. The Kier molecular flexibility index (Phi) is 2.40. The quantitative estimate of drug-likeness (QED) is 0.707. The second kappa shape index (κ2) is 3.95. The van der Waals surface area contributed by atoms with E-state index in [-0.39, 0.29) is 5.91 Å². The second-order valence-corrected chi connectivity index (χ2v) is 4.67. The summed E-state index contributed by atoms with van der Waals surface area (Å²) in [4.78, 5) is 18.5. The number of rotatable bonds is 0. The smallest absolute Gasteiger partial charge is 0.256 e. The van der Waals surface area contributed by atoms with E-state index in [1.165, 1.54) is 0 Å². The summed E-state index contributed by atoms with van der Waals surface area (Å²) in [5, 5.41) is 0. The van der Waals surface area contributed by atoms with Gasteiger partial charge in [0.1, 0.15) is 0 Å². The van der Waals surface area contributed by atoms with E-state index in [4.69, 9.17) is 0 Å². The van der Waals surface area contributed by atoms with Crippen molar-refractivity contribution in [3.63, 3.8) is 0 Å². The molecule has 3 nitrogen and oxygen atoms in total. The highest BCUT2D eigenvalue weighted by Crippen LogP contribution is 2.32. The molecule has 0 saturated carbocycles. The topological polar surface area (TPSA) is 33.2 Å². The molecule has 0 atom stereocenters. The molecule has 1 aliphatic rings. The van der Waals surface area contributed by atoms with E-state index in [1.54, 1.807) is 11.1 Å². The number of carbonyl (C=O) groups is 1. The van der Waals surface area contributed by atoms with Gasteiger partial charge in [-0.1, -0.05) is 18.2 Å². The minimum absolute atomic E-state index is 0.0358. The zero-order valence-electron chi connectivity index (χ0n) is 10.5. The lowest BCUT2D eigenvalue weighted by atomic mass is 9.97. The van der Waals surface area contributed by atoms with Crippen LogP contribution in [0.5, 0.6) is 0 Å². The van der Waals surface area contributed by atoms with Gasteiger partial charge in [0, 0.05) is 25.4 Å². The van der Waals surface area contributed by atoms with Crippen molar-refractivity contribution in [1.82, 2.24) is 9.88 Å². The van der Waals surface area contributed by atoms with Gasteiger partial charge in [0.05, 0.1) is 11.3 Å². The lowest BCUT2D eigenvalue weighted by Crippen LogP contribution is -2.24. The molecule has 2 aromatic rings. The van der Waals surface area contributed by atoms with E-state index in [0.29, 0.717) is 12.1 Å². The van der Waals surface area contributed by atoms with Gasteiger partial charge < -0.3 is 4.90 Å². The minimum atomic E-state index is 0.0358. The standard InChI is InChI=1S/C15H14N2O/c1-10-5-3-6-11-9-17(2)15(18)12-7-4-8-16-14(12)13(10)11/h3-8H,9H2,1-2H3. The summed E-state index contributed by atoms with van der Waals surface area (Å²) >= 11 is 0. The van der Waals surface area contributed by atoms with Crippen LogP contribution >= 0.6 is 0 Å². The summed E-state index contributed by atoms with van der Waals surface area (Å²) in [6.45, 7) is 2.69. The number of aromatic nitrogens is 1. The number of amides is 1. The number of hydrogen-bond acceptors (Lipinski definition) is 2. The molecule has 0 N–H and O–H groups in total. The molecule has 1 aromatic carbocycles. The van der Waals surface area contributed by atoms with Crippen molar-refractivity contribution in [2.24, 2.45) is 0 Å². The maximum Gasteiger partial charge on any atom is 0.256 e. The molecule has 90 valence electrons. The zero-order chi connectivity index (χ0) is 12.7. The van der Waals surface area contributed by atoms with Crippen LogP contribution in [0, 0.1) is 6.92 Å². The highest BCUT2D eigenvalue weighted by Gasteiger charge is 2.25. The first-order valence-electron chi connectivity index (χ1n) is 5.98. The lowest BCUT2D eigenvalue weighted by Gasteiger charge is -2.14. The van der Waals surface area contributed by atoms with Crippen LogP contribution in [0.1, 0.15) is 21.5 Å². The highest BCUT2D eigenvalue weighted by molar-refractivity contribution is 6.01. The van der Waals surface area contributed by atoms with E-state index in [2.05, 4.69) is 24.0 Å². The first-order chi connectivity index (χ1) is 8.68. The van der Waals surface area contributed by atoms with Crippen LogP contribution in [-0.2, 0) is 6.54 Å². The van der Waals surface area contributed by atoms with Gasteiger partial charge in [0.2, 0.25) is 0 Å². The summed E-state index contributed by atoms with van der Waals surface area (Å²) in [6, 6.07) is 9.82. The number of pyridine rings is 1. The molecule has 0 fully saturated rings. The number of hydrogen-bond donors (Lipinski definition) is 0. The second-order valence-electron chi connectivity index (χ2n) is 4.67. The first-order valence-corrected chi connectivity index (χ1v) is 5.98. The Morgan fingerprint density at radius 2 is 2.06 bits per heavy atom. The number of nitrogens with zero attached hydrogens (tertiary/aromatic N) is 2. The van der Waals surface area contributed by atoms with Crippen molar-refractivity contribution >= 4 is 5.91 Å². The molecule has 18 heavy (non-hydrogen) atoms. The Morgan fingerprint density at radius 1 is 1.22 bits per heavy atom. The van der Waals surface area contributed by atoms with Crippen molar-refractivity contribution in [1.29, 1.82) is 0 Å². The number of carbonyl (C=O) groups excluding carboxylic acids is 1. The van der Waals surface area contributed by atoms with E-state index in [1.807, 2.05) is 25.2 Å². The highest BCUT2D eigenvalue weighted by atomic mass is 16.2. The molecule has 0 unspecified atom stereocenters. The molecule has 1 aliphatic heterocycles. The maximum atomic E-state index is 12.3. The van der Waals surface area contributed by atoms with Crippen molar-refractivity contribution in [2.75, 3.05) is 7.05 Å². The molecule has 3 rings (SSSR count). The number of fused-ring (bicyclic) bond motifs is 3. The molecule has 0 spiro atoms. The fourth-order valence-electron chi connectivity index (χ4n) is 2.51. The van der Waals surface area contributed by atoms with Crippen LogP contribution in [0.25, 0.3) is 11.3 Å². The van der Waals surface area contributed by atoms with E-state index in [0.717, 1.165) is 22.4 Å². The average Bonchev–Trinajstić information content (AvgIpc) is 2.48. The Balaban J connectivity index is 2.37. The Morgan fingerprint density at radius 3 is 2.89 bits per heavy atom. The van der Waals surface area contributed by atoms with Gasteiger partial charge >= 0.3 is 0 Å². The molecule has 0 radical (unpaired) electrons. The predicted octanol–water partition coefficient (Wildman–Crippen LogP) is 2.64. The van der Waals surface area contributed by atoms with E-state index in [9.17, 15) is 4.79 Å². The van der Waals surface area contributed by atoms with Gasteiger partial charge in [0.15, 0.2) is 0 Å². The molecular weight excluding hydrogens is 224 g/mol. The molecule has 0 saturated heterocycles. The lowest BCUT2D eigenvalue weighted by molar-refractivity contribution is 0.0788. The summed E-state index contributed by atoms with van der Waals surface area (Å²) in [6.07, 6.45) is 1.74. The zero-order valence-corrected chi connectivity index (χ0v) is 10.5. The van der Waals surface area contributed by atoms with Crippen LogP contribution in [0.3, 0.4) is 0 Å². The molecule has 3 heteroatoms. The van der Waals surface area contributed by atoms with Gasteiger partial charge in [-0.15, -0.1) is 0 Å². The molecule has 1 aromatic heterocycles. The fraction of sp³-hybridized carbons (Fsp3) is 0.200. The van der Waals surface area contributed by atoms with Crippen LogP contribution in [-0.4, -0.2) is 22.8 Å². The van der Waals surface area contributed by atoms with Crippen LogP contribution in [0.4, 0.5) is 0 Å². The summed E-state index contributed by atoms with van der Waals surface area (Å²) in [5.41, 5.74) is 4.91. The minimum Gasteiger partial charge on any atom is -0.337 e. The summed E-state index contributed by atoms with van der Waals surface area (Å²) in [7, 11) is 1.83. The number of aryl methyl sites for hydroxylation is 1. The average molecular weight is 238 g/mol. The third-order valence-corrected chi connectivity index (χ3v) is 3.39. The van der Waals surface area contributed by atoms with Crippen LogP contribution in [0.15, 0.2) is 36.5 Å². The fourth-order valence-corrected chi connectivity index (χ4v) is 2.51. The third kappa shape index (κ3) is 1.51. The predicted molar refractivity (Wildman–Crippen MR) is 70.2 cm³/mol. The van der Waals surface area contributed by atoms with E-state index < -0.39 is 0 Å². The number of benzene rings is 1. The summed E-state index contributed by atoms with van der Waals surface area (Å²) in [5.74, 6) is 0.0358. The maximum absolute atomic E-state index is 12.3. The SMILES string of the molecule is Cc1cccc2c1-c1ncccc1C(=O)N(C)C2. The largest absolute Gasteiger partial charge is 0.337 e. The third-order valence-electron chi connectivity index (χ3n) is 3.39. The molecule has 2 heterocycles. The van der Waals surface area contributed by atoms with Crippen molar-refractivity contribution in [3.8, 4) is 11.3 Å². The van der Waals surface area contributed by atoms with E-state index >= 15 is 0 Å². The van der Waals surface area contributed by atoms with Gasteiger partial charge in [-0.25, -0.2) is 0 Å². The Hall–Kier alpha value is -2.16. The van der Waals surface area contributed by atoms with Crippen molar-refractivity contribution in [3.05, 3.63) is 53.2 Å². The molecule has 0 bridgehead atoms. The molecule has 1 amide bonds. The summed E-state index contributed by atoms with van der Waals surface area (Å²) < 4.78 is 0. The molecule has 0 aliphatic carbocycles. The monoisotopic (exact) mass is 238 g/mol. The Labute approximate surface area is 106 Å². The molecular formula is C15H14N2O. The van der Waals surface area contributed by atoms with Crippen LogP contribution in [0.2, 0.25) is 0 Å². The van der Waals surface area contributed by atoms with Crippen molar-refractivity contribution in [2.45, 2.75) is 13.5 Å². The first kappa shape index (κ1) is 11.0. The van der Waals surface area contributed by atoms with Crippen molar-refractivity contribution < 1.29 is 4.79 Å². The van der Waals surface area contributed by atoms with Crippen LogP contribution < -0.4 is 0 Å². The van der Waals surface area contributed by atoms with Gasteiger partial charge in [-0.2, -0.15) is 0 Å². The van der Waals surface area contributed by atoms with Gasteiger partial charge in [-0.05, 0) is 30.2 Å². The van der Waals surface area contributed by atoms with Gasteiger partial charge in [-0.3, -0.25) is 9.78 Å². The van der Waals surface area contributed by atoms with Gasteiger partial charge in [0.25, 0.3) is 5.91 Å². The Bertz CT molecular complexity index is 634.